The fraction of sp³-hybridized carbons (Fsp3) is 0.200. The second-order valence-electron chi connectivity index (χ2n) is 2.71. The Morgan fingerprint density at radius 3 is 2.67 bits per heavy atom. The Kier molecular flexibility index (Phi) is 3.82. The van der Waals surface area contributed by atoms with Crippen LogP contribution in [0, 0.1) is 0 Å². The molecule has 1 rings (SSSR count). The SMILES string of the molecule is CONC(=O)c1cc(C=O)ccc1OC. The van der Waals surface area contributed by atoms with Crippen LogP contribution in [0.5, 0.6) is 5.75 Å². The van der Waals surface area contributed by atoms with Crippen molar-refractivity contribution in [1.29, 1.82) is 0 Å². The Hall–Kier alpha value is -1.88. The summed E-state index contributed by atoms with van der Waals surface area (Å²) in [6.07, 6.45) is 0.656. The molecule has 1 aromatic rings. The van der Waals surface area contributed by atoms with Crippen molar-refractivity contribution in [3.8, 4) is 5.75 Å². The molecule has 0 saturated heterocycles. The van der Waals surface area contributed by atoms with Gasteiger partial charge in [-0.3, -0.25) is 14.4 Å². The third-order valence-corrected chi connectivity index (χ3v) is 1.80. The molecule has 0 atom stereocenters. The summed E-state index contributed by atoms with van der Waals surface area (Å²) in [5.74, 6) is -0.0757. The summed E-state index contributed by atoms with van der Waals surface area (Å²) in [6.45, 7) is 0. The fourth-order valence-corrected chi connectivity index (χ4v) is 1.12. The largest absolute Gasteiger partial charge is 0.496 e. The molecule has 0 aliphatic carbocycles. The van der Waals surface area contributed by atoms with Gasteiger partial charge in [-0.25, -0.2) is 5.48 Å². The highest BCUT2D eigenvalue weighted by Crippen LogP contribution is 2.18. The number of ether oxygens (including phenoxy) is 1. The molecule has 1 N–H and O–H groups in total. The van der Waals surface area contributed by atoms with Crippen molar-refractivity contribution in [2.75, 3.05) is 14.2 Å². The number of hydrogen-bond donors (Lipinski definition) is 1. The molecule has 0 unspecified atom stereocenters. The number of rotatable bonds is 4. The maximum absolute atomic E-state index is 11.5. The van der Waals surface area contributed by atoms with E-state index in [2.05, 4.69) is 10.3 Å². The van der Waals surface area contributed by atoms with Gasteiger partial charge >= 0.3 is 0 Å². The summed E-state index contributed by atoms with van der Waals surface area (Å²) in [5, 5.41) is 0. The van der Waals surface area contributed by atoms with E-state index < -0.39 is 5.91 Å². The molecule has 0 saturated carbocycles. The highest BCUT2D eigenvalue weighted by molar-refractivity contribution is 5.97. The lowest BCUT2D eigenvalue weighted by atomic mass is 10.1. The average molecular weight is 209 g/mol. The topological polar surface area (TPSA) is 64.6 Å². The first-order valence-corrected chi connectivity index (χ1v) is 4.19. The van der Waals surface area contributed by atoms with E-state index in [0.717, 1.165) is 0 Å². The van der Waals surface area contributed by atoms with Gasteiger partial charge in [0.05, 0.1) is 19.8 Å². The first kappa shape index (κ1) is 11.2. The maximum atomic E-state index is 11.5. The van der Waals surface area contributed by atoms with Crippen LogP contribution in [0.25, 0.3) is 0 Å². The molecule has 0 spiro atoms. The number of methoxy groups -OCH3 is 1. The van der Waals surface area contributed by atoms with E-state index in [0.29, 0.717) is 17.6 Å². The van der Waals surface area contributed by atoms with Crippen LogP contribution < -0.4 is 10.2 Å². The lowest BCUT2D eigenvalue weighted by Gasteiger charge is -2.08. The third-order valence-electron chi connectivity index (χ3n) is 1.80. The van der Waals surface area contributed by atoms with Crippen LogP contribution in [0.2, 0.25) is 0 Å². The second kappa shape index (κ2) is 5.11. The van der Waals surface area contributed by atoms with E-state index in [-0.39, 0.29) is 5.56 Å². The molecule has 0 fully saturated rings. The lowest BCUT2D eigenvalue weighted by Crippen LogP contribution is -2.22. The van der Waals surface area contributed by atoms with Crippen molar-refractivity contribution >= 4 is 12.2 Å². The normalized spacial score (nSPS) is 9.47. The third kappa shape index (κ3) is 2.54. The van der Waals surface area contributed by atoms with Gasteiger partial charge in [-0.15, -0.1) is 0 Å². The molecule has 80 valence electrons. The molecule has 5 heteroatoms. The Labute approximate surface area is 86.9 Å². The molecule has 0 bridgehead atoms. The van der Waals surface area contributed by atoms with E-state index in [9.17, 15) is 9.59 Å². The summed E-state index contributed by atoms with van der Waals surface area (Å²) in [7, 11) is 2.77. The van der Waals surface area contributed by atoms with Crippen molar-refractivity contribution < 1.29 is 19.2 Å². The first-order valence-electron chi connectivity index (χ1n) is 4.19. The summed E-state index contributed by atoms with van der Waals surface area (Å²) >= 11 is 0. The number of hydroxylamine groups is 1. The smallest absolute Gasteiger partial charge is 0.278 e. The maximum Gasteiger partial charge on any atom is 0.278 e. The minimum absolute atomic E-state index is 0.254. The molecule has 0 aliphatic rings. The molecular formula is C10H11NO4. The number of nitrogens with one attached hydrogen (secondary N) is 1. The van der Waals surface area contributed by atoms with Crippen molar-refractivity contribution in [3.05, 3.63) is 29.3 Å². The quantitative estimate of drug-likeness (QED) is 0.588. The second-order valence-corrected chi connectivity index (χ2v) is 2.71. The van der Waals surface area contributed by atoms with Crippen molar-refractivity contribution in [3.63, 3.8) is 0 Å². The Bertz CT molecular complexity index is 376. The minimum atomic E-state index is -0.460. The average Bonchev–Trinajstić information content (AvgIpc) is 2.28. The van der Waals surface area contributed by atoms with Crippen molar-refractivity contribution in [2.45, 2.75) is 0 Å². The van der Waals surface area contributed by atoms with Crippen molar-refractivity contribution in [1.82, 2.24) is 5.48 Å². The minimum Gasteiger partial charge on any atom is -0.496 e. The number of hydrogen-bond acceptors (Lipinski definition) is 4. The van der Waals surface area contributed by atoms with Gasteiger partial charge in [0, 0.05) is 5.56 Å². The molecule has 15 heavy (non-hydrogen) atoms. The van der Waals surface area contributed by atoms with Crippen LogP contribution in [-0.4, -0.2) is 26.4 Å². The van der Waals surface area contributed by atoms with E-state index in [1.54, 1.807) is 12.1 Å². The van der Waals surface area contributed by atoms with Crippen LogP contribution in [-0.2, 0) is 4.84 Å². The molecular weight excluding hydrogens is 198 g/mol. The van der Waals surface area contributed by atoms with Crippen LogP contribution in [0.1, 0.15) is 20.7 Å². The van der Waals surface area contributed by atoms with E-state index >= 15 is 0 Å². The van der Waals surface area contributed by atoms with E-state index in [1.165, 1.54) is 20.3 Å². The predicted molar refractivity (Wildman–Crippen MR) is 52.9 cm³/mol. The molecule has 5 nitrogen and oxygen atoms in total. The molecule has 1 amide bonds. The molecule has 0 radical (unpaired) electrons. The highest BCUT2D eigenvalue weighted by Gasteiger charge is 2.12. The Balaban J connectivity index is 3.11. The van der Waals surface area contributed by atoms with Crippen LogP contribution in [0.4, 0.5) is 0 Å². The van der Waals surface area contributed by atoms with Crippen LogP contribution in [0.3, 0.4) is 0 Å². The van der Waals surface area contributed by atoms with Gasteiger partial charge in [-0.2, -0.15) is 0 Å². The van der Waals surface area contributed by atoms with E-state index in [4.69, 9.17) is 4.74 Å². The van der Waals surface area contributed by atoms with Gasteiger partial charge in [0.1, 0.15) is 12.0 Å². The van der Waals surface area contributed by atoms with Gasteiger partial charge in [-0.1, -0.05) is 0 Å². The standard InChI is InChI=1S/C10H11NO4/c1-14-9-4-3-7(6-12)5-8(9)10(13)11-15-2/h3-6H,1-2H3,(H,11,13). The zero-order chi connectivity index (χ0) is 11.3. The van der Waals surface area contributed by atoms with Crippen LogP contribution in [0.15, 0.2) is 18.2 Å². The van der Waals surface area contributed by atoms with Gasteiger partial charge in [0.15, 0.2) is 0 Å². The Morgan fingerprint density at radius 1 is 1.40 bits per heavy atom. The Morgan fingerprint density at radius 2 is 2.13 bits per heavy atom. The van der Waals surface area contributed by atoms with Gasteiger partial charge < -0.3 is 4.74 Å². The molecule has 0 aliphatic heterocycles. The fourth-order valence-electron chi connectivity index (χ4n) is 1.12. The molecule has 0 heterocycles. The zero-order valence-electron chi connectivity index (χ0n) is 8.44. The van der Waals surface area contributed by atoms with Gasteiger partial charge in [-0.05, 0) is 18.2 Å². The van der Waals surface area contributed by atoms with Gasteiger partial charge in [0.2, 0.25) is 0 Å². The number of benzene rings is 1. The summed E-state index contributed by atoms with van der Waals surface area (Å²) in [6, 6.07) is 4.55. The van der Waals surface area contributed by atoms with Crippen molar-refractivity contribution in [2.24, 2.45) is 0 Å². The first-order chi connectivity index (χ1) is 7.22. The highest BCUT2D eigenvalue weighted by atomic mass is 16.6. The van der Waals surface area contributed by atoms with Gasteiger partial charge in [0.25, 0.3) is 5.91 Å². The van der Waals surface area contributed by atoms with Crippen LogP contribution >= 0.6 is 0 Å². The predicted octanol–water partition coefficient (Wildman–Crippen LogP) is 0.799. The number of carbonyl (C=O) groups is 2. The van der Waals surface area contributed by atoms with E-state index in [1.807, 2.05) is 0 Å². The monoisotopic (exact) mass is 209 g/mol. The summed E-state index contributed by atoms with van der Waals surface area (Å²) in [5.41, 5.74) is 2.81. The summed E-state index contributed by atoms with van der Waals surface area (Å²) in [4.78, 5) is 26.5. The summed E-state index contributed by atoms with van der Waals surface area (Å²) < 4.78 is 4.98. The zero-order valence-corrected chi connectivity index (χ0v) is 8.44. The number of aldehydes is 1. The molecule has 0 aromatic heterocycles. The molecule has 1 aromatic carbocycles. The number of carbonyl (C=O) groups excluding carboxylic acids is 2. The lowest BCUT2D eigenvalue weighted by molar-refractivity contribution is 0.0535. The number of amides is 1.